The topological polar surface area (TPSA) is 64.4 Å². The average Bonchev–Trinajstić information content (AvgIpc) is 3.23. The number of rotatable bonds is 11. The Kier molecular flexibility index (Phi) is 10.5. The molecular formula is C45H38F3N3O3. The zero-order valence-electron chi connectivity index (χ0n) is 29.8. The Morgan fingerprint density at radius 3 is 1.70 bits per heavy atom. The maximum atomic E-state index is 16.0. The number of alkyl halides is 2. The Labute approximate surface area is 312 Å². The first-order valence-corrected chi connectivity index (χ1v) is 17.5. The Hall–Kier alpha value is -6.35. The number of nitrogens with one attached hydrogen (secondary N) is 1. The highest BCUT2D eigenvalue weighted by Gasteiger charge is 2.48. The summed E-state index contributed by atoms with van der Waals surface area (Å²) in [5.41, 5.74) is 1.05. The monoisotopic (exact) mass is 725 g/mol. The number of amidine groups is 1. The van der Waals surface area contributed by atoms with Crippen molar-refractivity contribution in [2.24, 2.45) is 9.98 Å². The molecule has 1 aliphatic rings. The molecule has 0 aliphatic carbocycles. The number of aliphatic imine (C=N–C) groups is 2. The molecule has 6 aromatic carbocycles. The van der Waals surface area contributed by atoms with E-state index in [2.05, 4.69) is 10.3 Å². The number of hydrogen-bond acceptors (Lipinski definition) is 6. The predicted molar refractivity (Wildman–Crippen MR) is 206 cm³/mol. The summed E-state index contributed by atoms with van der Waals surface area (Å²) < 4.78 is 64.4. The summed E-state index contributed by atoms with van der Waals surface area (Å²) in [6.07, 6.45) is -3.36. The van der Waals surface area contributed by atoms with Gasteiger partial charge in [-0.15, -0.1) is 0 Å². The van der Waals surface area contributed by atoms with Crippen molar-refractivity contribution in [1.29, 1.82) is 0 Å². The lowest BCUT2D eigenvalue weighted by Gasteiger charge is -2.40. The summed E-state index contributed by atoms with van der Waals surface area (Å²) in [5.74, 6) is 0.457. The van der Waals surface area contributed by atoms with E-state index in [9.17, 15) is 0 Å². The van der Waals surface area contributed by atoms with Crippen LogP contribution in [0.25, 0.3) is 0 Å². The molecule has 1 atom stereocenters. The van der Waals surface area contributed by atoms with Gasteiger partial charge in [-0.25, -0.2) is 23.2 Å². The molecule has 6 aromatic rings. The molecule has 9 heteroatoms. The van der Waals surface area contributed by atoms with Gasteiger partial charge in [0, 0.05) is 23.1 Å². The summed E-state index contributed by atoms with van der Waals surface area (Å²) in [4.78, 5) is 9.51. The van der Waals surface area contributed by atoms with Crippen molar-refractivity contribution in [1.82, 2.24) is 5.32 Å². The number of nitrogens with zero attached hydrogens (tertiary/aromatic N) is 2. The van der Waals surface area contributed by atoms with Gasteiger partial charge in [-0.1, -0.05) is 115 Å². The second-order valence-corrected chi connectivity index (χ2v) is 12.8. The standard InChI is InChI=1S/C45H38F3N3O3/c1-52-37-23-18-34(19-24-37)45(33-16-10-5-11-17-33,35-20-25-38(53-2)26-21-35)51-43-50-44(42(47)48,28-29-54-43)39-30-36(22-27-40(39)46)49-41(31-12-6-3-7-13-31)32-14-8-4-9-15-32/h3-27,30,42H,28-29H2,1-2H3,(H,50,51)/t44-/m0/s1. The predicted octanol–water partition coefficient (Wildman–Crippen LogP) is 9.83. The van der Waals surface area contributed by atoms with Gasteiger partial charge in [-0.3, -0.25) is 0 Å². The lowest BCUT2D eigenvalue weighted by molar-refractivity contribution is 0.0230. The summed E-state index contributed by atoms with van der Waals surface area (Å²) in [5, 5.41) is 3.44. The van der Waals surface area contributed by atoms with E-state index in [-0.39, 0.29) is 24.6 Å². The van der Waals surface area contributed by atoms with E-state index >= 15 is 13.2 Å². The van der Waals surface area contributed by atoms with E-state index in [0.717, 1.165) is 27.8 Å². The number of hydrogen-bond donors (Lipinski definition) is 1. The Bertz CT molecular complexity index is 2140. The molecule has 0 unspecified atom stereocenters. The van der Waals surface area contributed by atoms with Gasteiger partial charge in [-0.2, -0.15) is 0 Å². The summed E-state index contributed by atoms with van der Waals surface area (Å²) in [7, 11) is 3.17. The van der Waals surface area contributed by atoms with Crippen LogP contribution in [-0.4, -0.2) is 39.0 Å². The third kappa shape index (κ3) is 7.05. The van der Waals surface area contributed by atoms with Crippen molar-refractivity contribution in [3.8, 4) is 11.5 Å². The van der Waals surface area contributed by atoms with Crippen LogP contribution in [-0.2, 0) is 15.8 Å². The zero-order chi connectivity index (χ0) is 37.5. The van der Waals surface area contributed by atoms with E-state index < -0.39 is 23.3 Å². The zero-order valence-corrected chi connectivity index (χ0v) is 29.8. The molecule has 54 heavy (non-hydrogen) atoms. The van der Waals surface area contributed by atoms with Crippen molar-refractivity contribution in [3.05, 3.63) is 197 Å². The largest absolute Gasteiger partial charge is 0.497 e. The van der Waals surface area contributed by atoms with Crippen LogP contribution in [0.1, 0.15) is 39.8 Å². The molecule has 0 saturated carbocycles. The lowest BCUT2D eigenvalue weighted by Crippen LogP contribution is -2.52. The van der Waals surface area contributed by atoms with Crippen molar-refractivity contribution in [2.75, 3.05) is 20.8 Å². The van der Waals surface area contributed by atoms with Crippen molar-refractivity contribution < 1.29 is 27.4 Å². The SMILES string of the molecule is COc1ccc(C(NC2=N[C@@](c3cc(N=C(c4ccccc4)c4ccccc4)ccc3F)(C(F)F)CCO2)(c2ccccc2)c2ccc(OC)cc2)cc1. The highest BCUT2D eigenvalue weighted by Crippen LogP contribution is 2.43. The summed E-state index contributed by atoms with van der Waals surface area (Å²) in [6, 6.07) is 47.4. The molecule has 0 spiro atoms. The van der Waals surface area contributed by atoms with Gasteiger partial charge < -0.3 is 19.5 Å². The quantitative estimate of drug-likeness (QED) is 0.107. The Morgan fingerprint density at radius 1 is 0.704 bits per heavy atom. The minimum absolute atomic E-state index is 0.154. The Morgan fingerprint density at radius 2 is 1.20 bits per heavy atom. The number of halogens is 3. The van der Waals surface area contributed by atoms with Gasteiger partial charge in [0.2, 0.25) is 0 Å². The van der Waals surface area contributed by atoms with Crippen LogP contribution < -0.4 is 14.8 Å². The van der Waals surface area contributed by atoms with E-state index in [1.807, 2.05) is 140 Å². The van der Waals surface area contributed by atoms with Crippen LogP contribution in [0.15, 0.2) is 168 Å². The van der Waals surface area contributed by atoms with Crippen molar-refractivity contribution in [2.45, 2.75) is 23.9 Å². The number of benzene rings is 6. The second kappa shape index (κ2) is 15.7. The fourth-order valence-electron chi connectivity index (χ4n) is 6.89. The Balaban J connectivity index is 1.39. The van der Waals surface area contributed by atoms with E-state index in [1.54, 1.807) is 14.2 Å². The van der Waals surface area contributed by atoms with Gasteiger partial charge in [0.25, 0.3) is 12.4 Å². The minimum Gasteiger partial charge on any atom is -0.497 e. The van der Waals surface area contributed by atoms with Crippen LogP contribution in [0.4, 0.5) is 18.9 Å². The molecule has 1 N–H and O–H groups in total. The van der Waals surface area contributed by atoms with Crippen LogP contribution in [0, 0.1) is 5.82 Å². The van der Waals surface area contributed by atoms with Gasteiger partial charge in [0.1, 0.15) is 22.9 Å². The molecule has 0 radical (unpaired) electrons. The van der Waals surface area contributed by atoms with Gasteiger partial charge in [0.05, 0.1) is 32.2 Å². The average molecular weight is 726 g/mol. The van der Waals surface area contributed by atoms with Crippen molar-refractivity contribution in [3.63, 3.8) is 0 Å². The van der Waals surface area contributed by atoms with E-state index in [0.29, 0.717) is 22.9 Å². The molecule has 0 bridgehead atoms. The molecule has 272 valence electrons. The summed E-state index contributed by atoms with van der Waals surface area (Å²) >= 11 is 0. The molecule has 1 heterocycles. The van der Waals surface area contributed by atoms with E-state index in [1.165, 1.54) is 18.2 Å². The molecule has 0 fully saturated rings. The molecule has 0 aromatic heterocycles. The van der Waals surface area contributed by atoms with Crippen LogP contribution in [0.2, 0.25) is 0 Å². The lowest BCUT2D eigenvalue weighted by atomic mass is 9.77. The first kappa shape index (κ1) is 36.0. The van der Waals surface area contributed by atoms with Crippen molar-refractivity contribution >= 4 is 17.4 Å². The second-order valence-electron chi connectivity index (χ2n) is 12.8. The van der Waals surface area contributed by atoms with Crippen LogP contribution >= 0.6 is 0 Å². The third-order valence-electron chi connectivity index (χ3n) is 9.68. The van der Waals surface area contributed by atoms with Crippen LogP contribution in [0.3, 0.4) is 0 Å². The van der Waals surface area contributed by atoms with Crippen LogP contribution in [0.5, 0.6) is 11.5 Å². The normalized spacial score (nSPS) is 15.5. The number of methoxy groups -OCH3 is 2. The molecule has 7 rings (SSSR count). The number of ether oxygens (including phenoxy) is 3. The first-order chi connectivity index (χ1) is 26.4. The van der Waals surface area contributed by atoms with Gasteiger partial charge in [0.15, 0.2) is 5.54 Å². The highest BCUT2D eigenvalue weighted by molar-refractivity contribution is 6.13. The smallest absolute Gasteiger partial charge is 0.286 e. The molecular weight excluding hydrogens is 688 g/mol. The fraction of sp³-hybridized carbons (Fsp3) is 0.156. The maximum Gasteiger partial charge on any atom is 0.286 e. The van der Waals surface area contributed by atoms with Gasteiger partial charge in [-0.05, 0) is 59.2 Å². The first-order valence-electron chi connectivity index (χ1n) is 17.5. The molecule has 1 aliphatic heterocycles. The molecule has 6 nitrogen and oxygen atoms in total. The molecule has 0 saturated heterocycles. The summed E-state index contributed by atoms with van der Waals surface area (Å²) in [6.45, 7) is -0.154. The third-order valence-corrected chi connectivity index (χ3v) is 9.68. The minimum atomic E-state index is -3.09. The maximum absolute atomic E-state index is 16.0. The molecule has 0 amide bonds. The van der Waals surface area contributed by atoms with Gasteiger partial charge >= 0.3 is 0 Å². The fourth-order valence-corrected chi connectivity index (χ4v) is 6.89. The van der Waals surface area contributed by atoms with E-state index in [4.69, 9.17) is 19.2 Å². The highest BCUT2D eigenvalue weighted by atomic mass is 19.3.